The van der Waals surface area contributed by atoms with Crippen molar-refractivity contribution in [2.45, 2.75) is 7.25 Å². The summed E-state index contributed by atoms with van der Waals surface area (Å²) < 4.78 is 2.54. The van der Waals surface area contributed by atoms with Crippen molar-refractivity contribution in [3.63, 3.8) is 0 Å². The fraction of sp³-hybridized carbons (Fsp3) is 0.0571. The summed E-state index contributed by atoms with van der Waals surface area (Å²) in [6.45, 7) is 0. The molecule has 2 aliphatic rings. The predicted octanol–water partition coefficient (Wildman–Crippen LogP) is 2.42. The van der Waals surface area contributed by atoms with Crippen molar-refractivity contribution in [1.82, 2.24) is 0 Å². The molecule has 0 saturated heterocycles. The van der Waals surface area contributed by atoms with Gasteiger partial charge in [0.15, 0.2) is 0 Å². The Morgan fingerprint density at radius 1 is 0.474 bits per heavy atom. The number of hydrogen-bond acceptors (Lipinski definition) is 0. The second-order valence-electron chi connectivity index (χ2n) is 9.64. The van der Waals surface area contributed by atoms with Gasteiger partial charge in [-0.2, -0.15) is 0 Å². The maximum atomic E-state index is 2.54. The van der Waals surface area contributed by atoms with Crippen molar-refractivity contribution in [2.75, 3.05) is 0 Å². The van der Waals surface area contributed by atoms with Crippen LogP contribution >= 0.6 is 0 Å². The minimum absolute atomic E-state index is 0. The van der Waals surface area contributed by atoms with E-state index in [9.17, 15) is 0 Å². The van der Waals surface area contributed by atoms with Crippen LogP contribution in [0, 0.1) is 0 Å². The van der Waals surface area contributed by atoms with Crippen LogP contribution in [0.2, 0.25) is 0 Å². The second kappa shape index (κ2) is 11.5. The third-order valence-electron chi connectivity index (χ3n) is 7.69. The molecule has 0 aromatic heterocycles. The number of rotatable bonds is 4. The summed E-state index contributed by atoms with van der Waals surface area (Å²) in [4.78, 5) is 0. The van der Waals surface area contributed by atoms with Crippen LogP contribution in [0.1, 0.15) is 40.6 Å². The van der Waals surface area contributed by atoms with E-state index in [0.29, 0.717) is 7.25 Å². The van der Waals surface area contributed by atoms with Crippen LogP contribution in [0.25, 0.3) is 17.2 Å². The van der Waals surface area contributed by atoms with E-state index >= 15 is 0 Å². The van der Waals surface area contributed by atoms with E-state index in [0.717, 1.165) is 0 Å². The molecule has 0 N–H and O–H groups in total. The van der Waals surface area contributed by atoms with Crippen LogP contribution in [0.5, 0.6) is 0 Å². The molecule has 0 heterocycles. The zero-order valence-electron chi connectivity index (χ0n) is 20.8. The number of fused-ring (bicyclic) bond motifs is 4. The Morgan fingerprint density at radius 3 is 1.47 bits per heavy atom. The molecule has 2 aliphatic carbocycles. The average Bonchev–Trinajstić information content (AvgIpc) is 3.52. The molecule has 0 spiro atoms. The molecule has 0 nitrogen and oxygen atoms in total. The number of allylic oxidation sites excluding steroid dienone is 1. The smallest absolute Gasteiger partial charge is 1.00 e. The molecule has 0 fully saturated rings. The second-order valence-corrected chi connectivity index (χ2v) is 16.1. The fourth-order valence-electron chi connectivity index (χ4n) is 6.20. The van der Waals surface area contributed by atoms with Gasteiger partial charge in [0.05, 0.1) is 0 Å². The van der Waals surface area contributed by atoms with Gasteiger partial charge in [0.25, 0.3) is 0 Å². The first-order valence-electron chi connectivity index (χ1n) is 12.7. The van der Waals surface area contributed by atoms with E-state index in [2.05, 4.69) is 146 Å². The number of benzene rings is 5. The standard InChI is InChI=1S/C13H9.C13H10.C9H7.2ClH.Zr/c1-3-7-12-10(5-1)9-11-6-2-4-8-13(11)12;1-3-7-12(8-4-1)11-13-9-5-2-6-10-13;1-2-5-9-7-3-6-8(9)4-1;;;/h1-9H;1-10H;1-7H;2*1H;/q;;;;;+2/p-2. The van der Waals surface area contributed by atoms with Gasteiger partial charge in [-0.05, 0) is 0 Å². The summed E-state index contributed by atoms with van der Waals surface area (Å²) in [6.07, 6.45) is 4.91. The van der Waals surface area contributed by atoms with Gasteiger partial charge in [-0.1, -0.05) is 0 Å². The maximum absolute atomic E-state index is 2.63. The number of halogens is 2. The van der Waals surface area contributed by atoms with Crippen molar-refractivity contribution in [3.05, 3.63) is 173 Å². The topological polar surface area (TPSA) is 0 Å². The van der Waals surface area contributed by atoms with E-state index < -0.39 is 21.3 Å². The summed E-state index contributed by atoms with van der Waals surface area (Å²) in [6, 6.07) is 49.8. The van der Waals surface area contributed by atoms with Gasteiger partial charge >= 0.3 is 222 Å². The molecular weight excluding hydrogens is 583 g/mol. The molecule has 7 rings (SSSR count). The molecule has 0 saturated carbocycles. The molecule has 1 atom stereocenters. The van der Waals surface area contributed by atoms with Crippen molar-refractivity contribution < 1.29 is 46.1 Å². The van der Waals surface area contributed by atoms with Crippen LogP contribution in [0.4, 0.5) is 0 Å². The summed E-state index contributed by atoms with van der Waals surface area (Å²) in [5.41, 5.74) is 11.6. The first kappa shape index (κ1) is 26.8. The van der Waals surface area contributed by atoms with E-state index in [1.54, 1.807) is 3.21 Å². The van der Waals surface area contributed by atoms with E-state index in [1.165, 1.54) is 44.5 Å². The molecular formula is C35H26Cl2Zr. The first-order valence-corrected chi connectivity index (χ1v) is 16.8. The summed E-state index contributed by atoms with van der Waals surface area (Å²) in [5.74, 6) is 0. The van der Waals surface area contributed by atoms with Crippen molar-refractivity contribution in [3.8, 4) is 11.1 Å². The molecule has 0 bridgehead atoms. The minimum atomic E-state index is -2.63. The summed E-state index contributed by atoms with van der Waals surface area (Å²) >= 11 is -2.63. The Balaban J connectivity index is 0.00000147. The summed E-state index contributed by atoms with van der Waals surface area (Å²) in [5, 5.41) is 0. The van der Waals surface area contributed by atoms with Crippen LogP contribution in [0.15, 0.2) is 140 Å². The van der Waals surface area contributed by atoms with Gasteiger partial charge < -0.3 is 24.8 Å². The van der Waals surface area contributed by atoms with Gasteiger partial charge in [0.2, 0.25) is 0 Å². The van der Waals surface area contributed by atoms with Gasteiger partial charge in [-0.3, -0.25) is 0 Å². The van der Waals surface area contributed by atoms with Crippen LogP contribution in [-0.4, -0.2) is 3.21 Å². The minimum Gasteiger partial charge on any atom is -1.00 e. The van der Waals surface area contributed by atoms with E-state index in [4.69, 9.17) is 0 Å². The van der Waals surface area contributed by atoms with E-state index in [1.807, 2.05) is 0 Å². The fourth-order valence-corrected chi connectivity index (χ4v) is 16.1. The van der Waals surface area contributed by atoms with Gasteiger partial charge in [0.1, 0.15) is 0 Å². The van der Waals surface area contributed by atoms with Crippen LogP contribution in [-0.2, 0) is 21.3 Å². The quantitative estimate of drug-likeness (QED) is 0.294. The Bertz CT molecular complexity index is 1550. The maximum Gasteiger partial charge on any atom is -1.00 e. The van der Waals surface area contributed by atoms with E-state index in [-0.39, 0.29) is 24.8 Å². The summed E-state index contributed by atoms with van der Waals surface area (Å²) in [7, 11) is 0. The molecule has 5 aromatic rings. The van der Waals surface area contributed by atoms with Crippen molar-refractivity contribution in [2.24, 2.45) is 0 Å². The normalized spacial score (nSPS) is 14.2. The predicted molar refractivity (Wildman–Crippen MR) is 148 cm³/mol. The van der Waals surface area contributed by atoms with Crippen molar-refractivity contribution in [1.29, 1.82) is 0 Å². The third kappa shape index (κ3) is 4.52. The molecule has 0 aliphatic heterocycles. The third-order valence-corrected chi connectivity index (χ3v) is 16.5. The molecule has 0 radical (unpaired) electrons. The zero-order chi connectivity index (χ0) is 23.9. The van der Waals surface area contributed by atoms with Crippen molar-refractivity contribution >= 4 is 9.28 Å². The van der Waals surface area contributed by atoms with Crippen LogP contribution in [0.3, 0.4) is 0 Å². The van der Waals surface area contributed by atoms with Gasteiger partial charge in [-0.25, -0.2) is 0 Å². The Labute approximate surface area is 245 Å². The van der Waals surface area contributed by atoms with Gasteiger partial charge in [0, 0.05) is 0 Å². The Hall–Kier alpha value is -2.83. The molecule has 38 heavy (non-hydrogen) atoms. The largest absolute Gasteiger partial charge is 1.00 e. The average molecular weight is 609 g/mol. The zero-order valence-corrected chi connectivity index (χ0v) is 24.7. The molecule has 1 unspecified atom stereocenters. The SMILES string of the molecule is C1=C[CH]([Zr+2](=[C](c2ccccc2)c2ccccc2)[CH]2c3ccccc3-c3ccccc32)c2ccccc21.[Cl-].[Cl-]. The monoisotopic (exact) mass is 606 g/mol. The van der Waals surface area contributed by atoms with Gasteiger partial charge in [-0.15, -0.1) is 0 Å². The molecule has 0 amide bonds. The molecule has 184 valence electrons. The number of hydrogen-bond donors (Lipinski definition) is 0. The molecule has 5 aromatic carbocycles. The Morgan fingerprint density at radius 2 is 0.921 bits per heavy atom. The van der Waals surface area contributed by atoms with Crippen LogP contribution < -0.4 is 24.8 Å². The Kier molecular flexibility index (Phi) is 8.10. The first-order chi connectivity index (χ1) is 17.9. The molecule has 3 heteroatoms.